The summed E-state index contributed by atoms with van der Waals surface area (Å²) in [5.41, 5.74) is 0. The van der Waals surface area contributed by atoms with E-state index in [1.54, 1.807) is 0 Å². The molecule has 1 aromatic heterocycles. The molecule has 0 aliphatic heterocycles. The van der Waals surface area contributed by atoms with Crippen LogP contribution < -0.4 is 5.32 Å². The Balaban J connectivity index is 2.44. The highest BCUT2D eigenvalue weighted by molar-refractivity contribution is 9.11. The second kappa shape index (κ2) is 7.52. The van der Waals surface area contributed by atoms with Gasteiger partial charge in [-0.05, 0) is 60.5 Å². The van der Waals surface area contributed by atoms with Crippen molar-refractivity contribution in [2.24, 2.45) is 11.8 Å². The highest BCUT2D eigenvalue weighted by atomic mass is 79.9. The fraction of sp³-hybridized carbons (Fsp3) is 0.692. The fourth-order valence-corrected chi connectivity index (χ4v) is 3.50. The van der Waals surface area contributed by atoms with Crippen molar-refractivity contribution >= 4 is 27.3 Å². The largest absolute Gasteiger partial charge is 0.319 e. The Kier molecular flexibility index (Phi) is 6.70. The summed E-state index contributed by atoms with van der Waals surface area (Å²) >= 11 is 5.34. The molecule has 1 N–H and O–H groups in total. The fourth-order valence-electron chi connectivity index (χ4n) is 1.94. The van der Waals surface area contributed by atoms with Crippen LogP contribution >= 0.6 is 27.3 Å². The number of nitrogens with zero attached hydrogens (tertiary/aromatic N) is 1. The lowest BCUT2D eigenvalue weighted by Gasteiger charge is -2.26. The highest BCUT2D eigenvalue weighted by Crippen LogP contribution is 2.23. The predicted molar refractivity (Wildman–Crippen MR) is 80.6 cm³/mol. The minimum atomic E-state index is 0.716. The maximum Gasteiger partial charge on any atom is 0.0701 e. The molecule has 4 heteroatoms. The summed E-state index contributed by atoms with van der Waals surface area (Å²) in [6.07, 6.45) is 0. The minimum absolute atomic E-state index is 0.716. The molecule has 1 aromatic rings. The number of nitrogens with one attached hydrogen (secondary N) is 1. The Hall–Kier alpha value is 0.1000. The van der Waals surface area contributed by atoms with Gasteiger partial charge in [0, 0.05) is 18.0 Å². The molecule has 0 bridgehead atoms. The van der Waals surface area contributed by atoms with E-state index in [2.05, 4.69) is 59.2 Å². The van der Waals surface area contributed by atoms with Crippen LogP contribution in [0.1, 0.15) is 18.7 Å². The summed E-state index contributed by atoms with van der Waals surface area (Å²) in [5, 5.41) is 3.29. The molecule has 1 heterocycles. The number of rotatable bonds is 7. The third-order valence-corrected chi connectivity index (χ3v) is 4.62. The summed E-state index contributed by atoms with van der Waals surface area (Å²) in [4.78, 5) is 3.84. The van der Waals surface area contributed by atoms with Crippen LogP contribution in [0.2, 0.25) is 0 Å². The third kappa shape index (κ3) is 5.51. The van der Waals surface area contributed by atoms with Crippen LogP contribution in [0.3, 0.4) is 0 Å². The monoisotopic (exact) mass is 318 g/mol. The zero-order valence-electron chi connectivity index (χ0n) is 11.2. The van der Waals surface area contributed by atoms with Gasteiger partial charge in [-0.15, -0.1) is 11.3 Å². The lowest BCUT2D eigenvalue weighted by atomic mass is 9.95. The number of thiophene rings is 1. The quantitative estimate of drug-likeness (QED) is 0.828. The van der Waals surface area contributed by atoms with E-state index in [1.165, 1.54) is 8.66 Å². The molecule has 0 saturated carbocycles. The van der Waals surface area contributed by atoms with Gasteiger partial charge in [0.1, 0.15) is 0 Å². The van der Waals surface area contributed by atoms with E-state index in [4.69, 9.17) is 0 Å². The van der Waals surface area contributed by atoms with Gasteiger partial charge in [0.2, 0.25) is 0 Å². The van der Waals surface area contributed by atoms with E-state index in [-0.39, 0.29) is 0 Å². The van der Waals surface area contributed by atoms with Crippen LogP contribution in [0.4, 0.5) is 0 Å². The molecule has 0 spiro atoms. The van der Waals surface area contributed by atoms with Gasteiger partial charge in [0.05, 0.1) is 3.79 Å². The maximum atomic E-state index is 3.51. The van der Waals surface area contributed by atoms with Crippen LogP contribution in [0, 0.1) is 11.8 Å². The summed E-state index contributed by atoms with van der Waals surface area (Å²) in [5.74, 6) is 1.44. The van der Waals surface area contributed by atoms with Crippen molar-refractivity contribution in [2.45, 2.75) is 20.4 Å². The third-order valence-electron chi connectivity index (χ3n) is 3.01. The average Bonchev–Trinajstić information content (AvgIpc) is 2.63. The Labute approximate surface area is 118 Å². The van der Waals surface area contributed by atoms with Crippen LogP contribution in [0.15, 0.2) is 15.9 Å². The van der Waals surface area contributed by atoms with Crippen molar-refractivity contribution in [3.05, 3.63) is 20.8 Å². The molecule has 0 aliphatic rings. The molecule has 17 heavy (non-hydrogen) atoms. The van der Waals surface area contributed by atoms with Crippen molar-refractivity contribution in [1.82, 2.24) is 10.2 Å². The van der Waals surface area contributed by atoms with Crippen LogP contribution in [0.25, 0.3) is 0 Å². The molecule has 0 aromatic carbocycles. The molecule has 0 radical (unpaired) electrons. The van der Waals surface area contributed by atoms with E-state index in [9.17, 15) is 0 Å². The van der Waals surface area contributed by atoms with Gasteiger partial charge in [-0.2, -0.15) is 0 Å². The molecule has 1 unspecified atom stereocenters. The van der Waals surface area contributed by atoms with Crippen molar-refractivity contribution in [1.29, 1.82) is 0 Å². The van der Waals surface area contributed by atoms with Crippen molar-refractivity contribution in [3.63, 3.8) is 0 Å². The first-order chi connectivity index (χ1) is 8.02. The first-order valence-corrected chi connectivity index (χ1v) is 7.71. The lowest BCUT2D eigenvalue weighted by molar-refractivity contribution is 0.229. The smallest absolute Gasteiger partial charge is 0.0701 e. The molecule has 0 saturated heterocycles. The van der Waals surface area contributed by atoms with Crippen molar-refractivity contribution < 1.29 is 0 Å². The second-order valence-corrected chi connectivity index (χ2v) is 7.51. The molecular weight excluding hydrogens is 296 g/mol. The van der Waals surface area contributed by atoms with E-state index >= 15 is 0 Å². The summed E-state index contributed by atoms with van der Waals surface area (Å²) in [6.45, 7) is 7.89. The van der Waals surface area contributed by atoms with E-state index < -0.39 is 0 Å². The van der Waals surface area contributed by atoms with Crippen LogP contribution in [-0.4, -0.2) is 32.1 Å². The van der Waals surface area contributed by atoms with Gasteiger partial charge in [-0.1, -0.05) is 13.8 Å². The lowest BCUT2D eigenvalue weighted by Crippen LogP contribution is -2.34. The van der Waals surface area contributed by atoms with Gasteiger partial charge in [0.25, 0.3) is 0 Å². The molecule has 0 fully saturated rings. The topological polar surface area (TPSA) is 15.3 Å². The molecule has 1 atom stereocenters. The first-order valence-electron chi connectivity index (χ1n) is 6.10. The van der Waals surface area contributed by atoms with E-state index in [0.717, 1.165) is 25.6 Å². The number of hydrogen-bond donors (Lipinski definition) is 1. The summed E-state index contributed by atoms with van der Waals surface area (Å²) in [6, 6.07) is 4.33. The predicted octanol–water partition coefficient (Wildman–Crippen LogP) is 3.43. The van der Waals surface area contributed by atoms with Crippen molar-refractivity contribution in [3.8, 4) is 0 Å². The standard InChI is InChI=1S/C13H23BrN2S/c1-10(2)11(7-15-3)8-16(4)9-12-5-6-13(14)17-12/h5-6,10-11,15H,7-9H2,1-4H3. The minimum Gasteiger partial charge on any atom is -0.319 e. The van der Waals surface area contributed by atoms with E-state index in [0.29, 0.717) is 5.92 Å². The molecule has 2 nitrogen and oxygen atoms in total. The number of hydrogen-bond acceptors (Lipinski definition) is 3. The van der Waals surface area contributed by atoms with Gasteiger partial charge in [-0.25, -0.2) is 0 Å². The maximum absolute atomic E-state index is 3.51. The zero-order chi connectivity index (χ0) is 12.8. The van der Waals surface area contributed by atoms with Gasteiger partial charge >= 0.3 is 0 Å². The highest BCUT2D eigenvalue weighted by Gasteiger charge is 2.15. The number of halogens is 1. The summed E-state index contributed by atoms with van der Waals surface area (Å²) in [7, 11) is 4.24. The van der Waals surface area contributed by atoms with Gasteiger partial charge in [-0.3, -0.25) is 0 Å². The molecule has 0 amide bonds. The Morgan fingerprint density at radius 2 is 2.12 bits per heavy atom. The second-order valence-electron chi connectivity index (χ2n) is 4.96. The average molecular weight is 319 g/mol. The molecule has 1 rings (SSSR count). The molecular formula is C13H23BrN2S. The molecule has 0 aliphatic carbocycles. The van der Waals surface area contributed by atoms with Gasteiger partial charge in [0.15, 0.2) is 0 Å². The van der Waals surface area contributed by atoms with Crippen molar-refractivity contribution in [2.75, 3.05) is 27.2 Å². The van der Waals surface area contributed by atoms with E-state index in [1.807, 2.05) is 18.4 Å². The summed E-state index contributed by atoms with van der Waals surface area (Å²) < 4.78 is 1.22. The first kappa shape index (κ1) is 15.2. The Morgan fingerprint density at radius 1 is 1.41 bits per heavy atom. The zero-order valence-corrected chi connectivity index (χ0v) is 13.6. The van der Waals surface area contributed by atoms with Gasteiger partial charge < -0.3 is 10.2 Å². The Morgan fingerprint density at radius 3 is 2.59 bits per heavy atom. The Bertz CT molecular complexity index is 325. The molecule has 98 valence electrons. The van der Waals surface area contributed by atoms with Crippen LogP contribution in [0.5, 0.6) is 0 Å². The SMILES string of the molecule is CNCC(CN(C)Cc1ccc(Br)s1)C(C)C. The normalized spacial score (nSPS) is 13.6. The van der Waals surface area contributed by atoms with Crippen LogP contribution in [-0.2, 0) is 6.54 Å².